The summed E-state index contributed by atoms with van der Waals surface area (Å²) in [5.41, 5.74) is 0.589. The fourth-order valence-electron chi connectivity index (χ4n) is 5.57. The molecule has 174 valence electrons. The number of aliphatic hydroxyl groups is 3. The van der Waals surface area contributed by atoms with Gasteiger partial charge in [0.2, 0.25) is 0 Å². The van der Waals surface area contributed by atoms with Crippen LogP contribution in [0, 0.1) is 5.92 Å². The lowest BCUT2D eigenvalue weighted by Crippen LogP contribution is -2.75. The van der Waals surface area contributed by atoms with Gasteiger partial charge < -0.3 is 25.0 Å². The summed E-state index contributed by atoms with van der Waals surface area (Å²) in [7, 11) is 1.54. The highest BCUT2D eigenvalue weighted by molar-refractivity contribution is 7.14. The normalized spacial score (nSPS) is 34.8. The Morgan fingerprint density at radius 1 is 1.28 bits per heavy atom. The highest BCUT2D eigenvalue weighted by Gasteiger charge is 2.63. The Balaban J connectivity index is 1.76. The molecule has 1 aromatic heterocycles. The number of ether oxygens (including phenoxy) is 1. The molecule has 32 heavy (non-hydrogen) atoms. The molecule has 0 radical (unpaired) electrons. The number of β-amino-alcohol motifs (C(OH)–C–C–N with tert-alkyl or cyclic N) is 1. The van der Waals surface area contributed by atoms with Crippen molar-refractivity contribution in [3.05, 3.63) is 47.4 Å². The van der Waals surface area contributed by atoms with Crippen LogP contribution in [0.1, 0.15) is 40.0 Å². The maximum atomic E-state index is 11.9. The monoisotopic (exact) mass is 458 g/mol. The third kappa shape index (κ3) is 4.13. The molecule has 1 saturated carbocycles. The van der Waals surface area contributed by atoms with Gasteiger partial charge in [0, 0.05) is 30.5 Å². The van der Waals surface area contributed by atoms with Crippen LogP contribution in [-0.4, -0.2) is 63.4 Å². The predicted molar refractivity (Wildman–Crippen MR) is 128 cm³/mol. The molecule has 0 unspecified atom stereocenters. The highest BCUT2D eigenvalue weighted by Crippen LogP contribution is 2.50. The maximum absolute atomic E-state index is 11.9. The molecule has 2 fully saturated rings. The number of hydrogen-bond donors (Lipinski definition) is 3. The smallest absolute Gasteiger partial charge is 0.186 e. The zero-order valence-corrected chi connectivity index (χ0v) is 20.0. The van der Waals surface area contributed by atoms with E-state index < -0.39 is 29.3 Å². The molecule has 1 aliphatic carbocycles. The number of aromatic nitrogens is 1. The Labute approximate surface area is 194 Å². The van der Waals surface area contributed by atoms with E-state index in [9.17, 15) is 15.3 Å². The van der Waals surface area contributed by atoms with E-state index in [0.29, 0.717) is 25.8 Å². The molecule has 0 bridgehead atoms. The second kappa shape index (κ2) is 8.88. The van der Waals surface area contributed by atoms with Gasteiger partial charge in [-0.2, -0.15) is 0 Å². The molecule has 6 atom stereocenters. The quantitative estimate of drug-likeness (QED) is 0.594. The van der Waals surface area contributed by atoms with Crippen molar-refractivity contribution in [2.24, 2.45) is 5.92 Å². The van der Waals surface area contributed by atoms with Crippen molar-refractivity contribution in [2.45, 2.75) is 69.5 Å². The van der Waals surface area contributed by atoms with Crippen LogP contribution in [-0.2, 0) is 4.74 Å². The number of hydrogen-bond acceptors (Lipinski definition) is 7. The van der Waals surface area contributed by atoms with Gasteiger partial charge in [-0.15, -0.1) is 11.3 Å². The van der Waals surface area contributed by atoms with Crippen LogP contribution >= 0.6 is 11.3 Å². The van der Waals surface area contributed by atoms with Crippen molar-refractivity contribution in [1.29, 1.82) is 0 Å². The number of rotatable bonds is 5. The largest absolute Gasteiger partial charge is 0.390 e. The molecule has 1 aliphatic heterocycles. The van der Waals surface area contributed by atoms with Crippen molar-refractivity contribution in [2.75, 3.05) is 18.6 Å². The summed E-state index contributed by atoms with van der Waals surface area (Å²) in [6.07, 6.45) is 2.21. The lowest BCUT2D eigenvalue weighted by Gasteiger charge is -2.60. The zero-order chi connectivity index (χ0) is 23.1. The molecule has 2 heterocycles. The summed E-state index contributed by atoms with van der Waals surface area (Å²) in [6.45, 7) is 6.19. The number of thiazole rings is 1. The third-order valence-corrected chi connectivity index (χ3v) is 7.99. The topological polar surface area (TPSA) is 86.0 Å². The summed E-state index contributed by atoms with van der Waals surface area (Å²) in [4.78, 5) is 6.96. The lowest BCUT2D eigenvalue weighted by molar-refractivity contribution is -0.232. The minimum absolute atomic E-state index is 0.319. The third-order valence-electron chi connectivity index (χ3n) is 7.11. The van der Waals surface area contributed by atoms with Crippen LogP contribution < -0.4 is 4.90 Å². The number of methoxy groups -OCH3 is 1. The summed E-state index contributed by atoms with van der Waals surface area (Å²) in [5, 5.41) is 37.1. The van der Waals surface area contributed by atoms with Gasteiger partial charge in [-0.05, 0) is 40.0 Å². The highest BCUT2D eigenvalue weighted by atomic mass is 32.1. The van der Waals surface area contributed by atoms with Gasteiger partial charge in [-0.1, -0.05) is 42.0 Å². The SMILES string of the molecule is CO[C@@H]1[C@H](O)CC[C@]2(O)CN(c3nc(-c4ccccc4)cs3)[C@@H](CC=C(C)C)[C@](C)(O)[C@@H]12. The van der Waals surface area contributed by atoms with E-state index in [1.807, 2.05) is 49.6 Å². The number of anilines is 1. The first-order valence-electron chi connectivity index (χ1n) is 11.2. The Morgan fingerprint density at radius 3 is 2.66 bits per heavy atom. The molecule has 4 rings (SSSR count). The van der Waals surface area contributed by atoms with Crippen molar-refractivity contribution in [3.8, 4) is 11.3 Å². The number of allylic oxidation sites excluding steroid dienone is 1. The minimum Gasteiger partial charge on any atom is -0.390 e. The molecule has 6 nitrogen and oxygen atoms in total. The molecule has 3 N–H and O–H groups in total. The fourth-order valence-corrected chi connectivity index (χ4v) is 6.46. The van der Waals surface area contributed by atoms with Gasteiger partial charge in [0.05, 0.1) is 35.1 Å². The molecule has 1 saturated heterocycles. The van der Waals surface area contributed by atoms with Crippen molar-refractivity contribution < 1.29 is 20.1 Å². The van der Waals surface area contributed by atoms with Gasteiger partial charge in [-0.3, -0.25) is 0 Å². The summed E-state index contributed by atoms with van der Waals surface area (Å²) < 4.78 is 5.63. The second-order valence-electron chi connectivity index (χ2n) is 9.66. The van der Waals surface area contributed by atoms with E-state index in [0.717, 1.165) is 22.0 Å². The first-order chi connectivity index (χ1) is 15.2. The van der Waals surface area contributed by atoms with Crippen LogP contribution in [0.15, 0.2) is 47.4 Å². The second-order valence-corrected chi connectivity index (χ2v) is 10.5. The van der Waals surface area contributed by atoms with Gasteiger partial charge >= 0.3 is 0 Å². The molecule has 0 spiro atoms. The Bertz CT molecular complexity index is 956. The molecule has 0 amide bonds. The van der Waals surface area contributed by atoms with Crippen LogP contribution in [0.4, 0.5) is 5.13 Å². The van der Waals surface area contributed by atoms with Crippen molar-refractivity contribution >= 4 is 16.5 Å². The molecular formula is C25H34N2O4S. The van der Waals surface area contributed by atoms with Crippen LogP contribution in [0.5, 0.6) is 0 Å². The van der Waals surface area contributed by atoms with Gasteiger partial charge in [0.15, 0.2) is 5.13 Å². The van der Waals surface area contributed by atoms with Gasteiger partial charge in [-0.25, -0.2) is 4.98 Å². The first kappa shape index (κ1) is 23.4. The van der Waals surface area contributed by atoms with E-state index in [1.165, 1.54) is 11.3 Å². The molecule has 1 aromatic carbocycles. The summed E-state index contributed by atoms with van der Waals surface area (Å²) in [6, 6.07) is 9.70. The standard InChI is InChI=1S/C25H34N2O4S/c1-16(2)10-11-20-24(3,29)22-21(31-4)19(28)12-13-25(22,30)15-27(20)23-26-18(14-32-23)17-8-6-5-7-9-17/h5-10,14,19-22,28-30H,11-13,15H2,1-4H3/t19-,20+,21-,22-,24+,25+/m1/s1. The minimum atomic E-state index is -1.31. The Morgan fingerprint density at radius 2 is 2.00 bits per heavy atom. The molecule has 7 heteroatoms. The van der Waals surface area contributed by atoms with E-state index in [2.05, 4.69) is 11.0 Å². The average molecular weight is 459 g/mol. The van der Waals surface area contributed by atoms with Crippen molar-refractivity contribution in [3.63, 3.8) is 0 Å². The van der Waals surface area contributed by atoms with Crippen LogP contribution in [0.2, 0.25) is 0 Å². The van der Waals surface area contributed by atoms with Gasteiger partial charge in [0.25, 0.3) is 0 Å². The predicted octanol–water partition coefficient (Wildman–Crippen LogP) is 3.62. The Hall–Kier alpha value is -1.77. The number of piperidine rings is 1. The number of fused-ring (bicyclic) bond motifs is 1. The average Bonchev–Trinajstić information content (AvgIpc) is 3.24. The number of benzene rings is 1. The zero-order valence-electron chi connectivity index (χ0n) is 19.2. The van der Waals surface area contributed by atoms with Gasteiger partial charge in [0.1, 0.15) is 0 Å². The van der Waals surface area contributed by atoms with E-state index in [-0.39, 0.29) is 6.04 Å². The summed E-state index contributed by atoms with van der Waals surface area (Å²) in [5.74, 6) is -0.607. The lowest BCUT2D eigenvalue weighted by atomic mass is 9.59. The first-order valence-corrected chi connectivity index (χ1v) is 12.1. The number of aliphatic hydroxyl groups excluding tert-OH is 1. The van der Waals surface area contributed by atoms with E-state index >= 15 is 0 Å². The fraction of sp³-hybridized carbons (Fsp3) is 0.560. The van der Waals surface area contributed by atoms with E-state index in [4.69, 9.17) is 9.72 Å². The van der Waals surface area contributed by atoms with Crippen LogP contribution in [0.3, 0.4) is 0 Å². The summed E-state index contributed by atoms with van der Waals surface area (Å²) >= 11 is 1.53. The van der Waals surface area contributed by atoms with E-state index in [1.54, 1.807) is 14.0 Å². The maximum Gasteiger partial charge on any atom is 0.186 e. The molecule has 2 aliphatic rings. The molecule has 2 aromatic rings. The van der Waals surface area contributed by atoms with Crippen LogP contribution in [0.25, 0.3) is 11.3 Å². The Kier molecular flexibility index (Phi) is 6.49. The number of nitrogens with zero attached hydrogens (tertiary/aromatic N) is 2. The molecular weight excluding hydrogens is 424 g/mol. The van der Waals surface area contributed by atoms with Crippen molar-refractivity contribution in [1.82, 2.24) is 4.98 Å².